The lowest BCUT2D eigenvalue weighted by Gasteiger charge is -2.25. The monoisotopic (exact) mass is 415 g/mol. The number of nitrogens with one attached hydrogen (secondary N) is 1. The number of ether oxygens (including phenoxy) is 2. The van der Waals surface area contributed by atoms with Gasteiger partial charge in [0.2, 0.25) is 5.91 Å². The fourth-order valence-corrected chi connectivity index (χ4v) is 4.86. The average molecular weight is 416 g/mol. The van der Waals surface area contributed by atoms with Crippen LogP contribution in [0.3, 0.4) is 0 Å². The van der Waals surface area contributed by atoms with E-state index in [4.69, 9.17) is 9.47 Å². The Kier molecular flexibility index (Phi) is 5.68. The van der Waals surface area contributed by atoms with Gasteiger partial charge in [-0.1, -0.05) is 31.7 Å². The fourth-order valence-electron chi connectivity index (χ4n) is 3.11. The van der Waals surface area contributed by atoms with Gasteiger partial charge in [-0.3, -0.25) is 4.79 Å². The molecule has 146 valence electrons. The van der Waals surface area contributed by atoms with E-state index in [0.717, 1.165) is 32.3 Å². The van der Waals surface area contributed by atoms with Crippen molar-refractivity contribution in [1.82, 2.24) is 15.3 Å². The molecule has 0 fully saturated rings. The van der Waals surface area contributed by atoms with Crippen LogP contribution in [0.5, 0.6) is 11.5 Å². The maximum atomic E-state index is 12.6. The second-order valence-electron chi connectivity index (χ2n) is 6.79. The van der Waals surface area contributed by atoms with Gasteiger partial charge < -0.3 is 14.8 Å². The van der Waals surface area contributed by atoms with E-state index in [1.54, 1.807) is 17.7 Å². The van der Waals surface area contributed by atoms with Gasteiger partial charge in [-0.25, -0.2) is 9.97 Å². The molecule has 0 saturated carbocycles. The van der Waals surface area contributed by atoms with Gasteiger partial charge in [0, 0.05) is 0 Å². The summed E-state index contributed by atoms with van der Waals surface area (Å²) in [5.41, 5.74) is 1.93. The van der Waals surface area contributed by atoms with E-state index < -0.39 is 0 Å². The number of carbonyl (C=O) groups is 1. The quantitative estimate of drug-likeness (QED) is 0.483. The van der Waals surface area contributed by atoms with Crippen LogP contribution in [-0.2, 0) is 4.79 Å². The zero-order valence-electron chi connectivity index (χ0n) is 15.7. The van der Waals surface area contributed by atoms with Gasteiger partial charge >= 0.3 is 0 Å². The van der Waals surface area contributed by atoms with E-state index in [9.17, 15) is 4.79 Å². The molecule has 8 heteroatoms. The van der Waals surface area contributed by atoms with Gasteiger partial charge in [0.15, 0.2) is 11.5 Å². The normalized spacial score (nSPS) is 14.2. The fraction of sp³-hybridized carbons (Fsp3) is 0.350. The van der Waals surface area contributed by atoms with Crippen molar-refractivity contribution in [2.24, 2.45) is 5.92 Å². The first-order valence-electron chi connectivity index (χ1n) is 9.11. The van der Waals surface area contributed by atoms with Crippen molar-refractivity contribution in [3.05, 3.63) is 41.5 Å². The molecule has 1 N–H and O–H groups in total. The minimum absolute atomic E-state index is 0.0260. The number of thiophene rings is 1. The third-order valence-corrected chi connectivity index (χ3v) is 6.49. The molecule has 0 aliphatic carbocycles. The molecule has 0 radical (unpaired) electrons. The molecule has 1 aromatic carbocycles. The molecule has 3 aromatic rings. The van der Waals surface area contributed by atoms with Crippen LogP contribution in [0, 0.1) is 5.92 Å². The van der Waals surface area contributed by atoms with Crippen LogP contribution in [0.2, 0.25) is 0 Å². The highest BCUT2D eigenvalue weighted by Crippen LogP contribution is 2.34. The largest absolute Gasteiger partial charge is 0.486 e. The molecule has 0 unspecified atom stereocenters. The van der Waals surface area contributed by atoms with Crippen LogP contribution in [0.4, 0.5) is 0 Å². The number of thioether (sulfide) groups is 1. The summed E-state index contributed by atoms with van der Waals surface area (Å²) in [6.45, 7) is 5.29. The summed E-state index contributed by atoms with van der Waals surface area (Å²) in [4.78, 5) is 21.2. The van der Waals surface area contributed by atoms with Crippen molar-refractivity contribution in [1.29, 1.82) is 0 Å². The SMILES string of the molecule is CC(C)[C@@H](NC(=O)CSc1ncnc2ccsc12)c1ccc2c(c1)OCCO2. The number of rotatable bonds is 6. The molecule has 1 atom stereocenters. The van der Waals surface area contributed by atoms with Crippen LogP contribution in [-0.4, -0.2) is 34.8 Å². The second kappa shape index (κ2) is 8.36. The summed E-state index contributed by atoms with van der Waals surface area (Å²) in [5.74, 6) is 2.00. The Labute approximate surface area is 171 Å². The van der Waals surface area contributed by atoms with Crippen LogP contribution >= 0.6 is 23.1 Å². The van der Waals surface area contributed by atoms with Crippen LogP contribution < -0.4 is 14.8 Å². The van der Waals surface area contributed by atoms with Gasteiger partial charge in [-0.15, -0.1) is 11.3 Å². The lowest BCUT2D eigenvalue weighted by molar-refractivity contribution is -0.119. The van der Waals surface area contributed by atoms with Crippen molar-refractivity contribution in [3.8, 4) is 11.5 Å². The molecule has 0 saturated heterocycles. The van der Waals surface area contributed by atoms with Gasteiger partial charge in [0.1, 0.15) is 24.6 Å². The van der Waals surface area contributed by atoms with Crippen molar-refractivity contribution >= 4 is 39.2 Å². The zero-order valence-corrected chi connectivity index (χ0v) is 17.3. The standard InChI is InChI=1S/C20H21N3O3S2/c1-12(2)18(13-3-4-15-16(9-13)26-7-6-25-15)23-17(24)10-28-20-19-14(5-8-27-19)21-11-22-20/h3-5,8-9,11-12,18H,6-7,10H2,1-2H3,(H,23,24)/t18-/m1/s1. The topological polar surface area (TPSA) is 73.3 Å². The van der Waals surface area contributed by atoms with E-state index >= 15 is 0 Å². The molecule has 3 heterocycles. The van der Waals surface area contributed by atoms with Gasteiger partial charge in [-0.2, -0.15) is 0 Å². The summed E-state index contributed by atoms with van der Waals surface area (Å²) < 4.78 is 12.3. The Morgan fingerprint density at radius 1 is 1.21 bits per heavy atom. The molecule has 0 bridgehead atoms. The Bertz CT molecular complexity index is 990. The number of benzene rings is 1. The number of carbonyl (C=O) groups excluding carboxylic acids is 1. The van der Waals surface area contributed by atoms with Gasteiger partial charge in [0.25, 0.3) is 0 Å². The predicted octanol–water partition coefficient (Wildman–Crippen LogP) is 4.07. The predicted molar refractivity (Wildman–Crippen MR) is 111 cm³/mol. The van der Waals surface area contributed by atoms with Crippen molar-refractivity contribution in [3.63, 3.8) is 0 Å². The molecular weight excluding hydrogens is 394 g/mol. The molecule has 1 amide bonds. The summed E-state index contributed by atoms with van der Waals surface area (Å²) in [6, 6.07) is 7.73. The molecular formula is C20H21N3O3S2. The van der Waals surface area contributed by atoms with Gasteiger partial charge in [0.05, 0.1) is 22.0 Å². The maximum Gasteiger partial charge on any atom is 0.230 e. The lowest BCUT2D eigenvalue weighted by atomic mass is 9.95. The van der Waals surface area contributed by atoms with Crippen LogP contribution in [0.25, 0.3) is 10.2 Å². The maximum absolute atomic E-state index is 12.6. The summed E-state index contributed by atoms with van der Waals surface area (Å²) >= 11 is 3.03. The van der Waals surface area contributed by atoms with Crippen LogP contribution in [0.1, 0.15) is 25.5 Å². The number of aromatic nitrogens is 2. The zero-order chi connectivity index (χ0) is 19.5. The van der Waals surface area contributed by atoms with E-state index in [0.29, 0.717) is 19.0 Å². The van der Waals surface area contributed by atoms with Gasteiger partial charge in [-0.05, 0) is 35.1 Å². The molecule has 1 aliphatic rings. The molecule has 2 aromatic heterocycles. The third-order valence-electron chi connectivity index (χ3n) is 4.46. The molecule has 4 rings (SSSR count). The minimum atomic E-state index is -0.101. The highest BCUT2D eigenvalue weighted by Gasteiger charge is 2.21. The Balaban J connectivity index is 1.44. The van der Waals surface area contributed by atoms with E-state index in [-0.39, 0.29) is 17.9 Å². The van der Waals surface area contributed by atoms with Crippen molar-refractivity contribution < 1.29 is 14.3 Å². The van der Waals surface area contributed by atoms with E-state index in [1.807, 2.05) is 29.6 Å². The smallest absolute Gasteiger partial charge is 0.230 e. The third kappa shape index (κ3) is 4.07. The number of hydrogen-bond acceptors (Lipinski definition) is 7. The average Bonchev–Trinajstić information content (AvgIpc) is 3.19. The number of fused-ring (bicyclic) bond motifs is 2. The number of amides is 1. The van der Waals surface area contributed by atoms with Crippen molar-refractivity contribution in [2.75, 3.05) is 19.0 Å². The van der Waals surface area contributed by atoms with Crippen molar-refractivity contribution in [2.45, 2.75) is 24.9 Å². The highest BCUT2D eigenvalue weighted by atomic mass is 32.2. The van der Waals surface area contributed by atoms with E-state index in [2.05, 4.69) is 29.1 Å². The first kappa shape index (κ1) is 19.0. The van der Waals surface area contributed by atoms with Crippen LogP contribution in [0.15, 0.2) is 41.0 Å². The first-order chi connectivity index (χ1) is 13.6. The summed E-state index contributed by atoms with van der Waals surface area (Å²) in [6.07, 6.45) is 1.54. The summed E-state index contributed by atoms with van der Waals surface area (Å²) in [5, 5.41) is 5.98. The Morgan fingerprint density at radius 2 is 2.04 bits per heavy atom. The minimum Gasteiger partial charge on any atom is -0.486 e. The second-order valence-corrected chi connectivity index (χ2v) is 8.67. The number of hydrogen-bond donors (Lipinski definition) is 1. The Morgan fingerprint density at radius 3 is 2.86 bits per heavy atom. The highest BCUT2D eigenvalue weighted by molar-refractivity contribution is 8.00. The van der Waals surface area contributed by atoms with E-state index in [1.165, 1.54) is 11.8 Å². The number of nitrogens with zero attached hydrogens (tertiary/aromatic N) is 2. The molecule has 6 nitrogen and oxygen atoms in total. The summed E-state index contributed by atoms with van der Waals surface area (Å²) in [7, 11) is 0. The molecule has 1 aliphatic heterocycles. The first-order valence-corrected chi connectivity index (χ1v) is 11.0. The molecule has 28 heavy (non-hydrogen) atoms. The molecule has 0 spiro atoms. The Hall–Kier alpha value is -2.32. The lowest BCUT2D eigenvalue weighted by Crippen LogP contribution is -2.33.